The average Bonchev–Trinajstić information content (AvgIpc) is 3.13. The van der Waals surface area contributed by atoms with Crippen LogP contribution in [0.2, 0.25) is 0 Å². The molecule has 2 heterocycles. The number of fused-ring (bicyclic) bond motifs is 1. The van der Waals surface area contributed by atoms with Crippen LogP contribution in [0.3, 0.4) is 0 Å². The Morgan fingerprint density at radius 1 is 1.00 bits per heavy atom. The summed E-state index contributed by atoms with van der Waals surface area (Å²) in [6.45, 7) is 0. The molecule has 0 fully saturated rings. The summed E-state index contributed by atoms with van der Waals surface area (Å²) in [7, 11) is 0. The second-order valence-corrected chi connectivity index (χ2v) is 7.13. The highest BCUT2D eigenvalue weighted by Crippen LogP contribution is 2.45. The van der Waals surface area contributed by atoms with Crippen LogP contribution in [-0.2, 0) is 6.18 Å². The molecule has 0 aliphatic rings. The average molecular weight is 414 g/mol. The monoisotopic (exact) mass is 414 g/mol. The summed E-state index contributed by atoms with van der Waals surface area (Å²) in [6, 6.07) is 14.7. The van der Waals surface area contributed by atoms with Crippen molar-refractivity contribution in [1.82, 2.24) is 4.98 Å². The summed E-state index contributed by atoms with van der Waals surface area (Å²) in [4.78, 5) is 27.4. The van der Waals surface area contributed by atoms with Crippen LogP contribution in [0.25, 0.3) is 22.0 Å². The number of carbonyl (C=O) groups excluding carboxylic acids is 1. The number of halogens is 3. The quantitative estimate of drug-likeness (QED) is 0.463. The van der Waals surface area contributed by atoms with Gasteiger partial charge in [-0.2, -0.15) is 13.2 Å². The van der Waals surface area contributed by atoms with Gasteiger partial charge in [0, 0.05) is 28.0 Å². The molecule has 2 N–H and O–H groups in total. The summed E-state index contributed by atoms with van der Waals surface area (Å²) in [6.07, 6.45) is -3.31. The number of para-hydroxylation sites is 1. The standard InChI is InChI=1S/C21H13F3N2O2S/c22-21(23,24)19-17(12-6-2-1-3-7-12)16(11-29-19)26-20(28)14-10-25-15-9-5-4-8-13(15)18(14)27/h1-11H,(H,25,27)(H,26,28). The number of pyridine rings is 1. The number of carbonyl (C=O) groups is 1. The fourth-order valence-corrected chi connectivity index (χ4v) is 3.97. The number of nitrogens with one attached hydrogen (secondary N) is 2. The van der Waals surface area contributed by atoms with Crippen LogP contribution >= 0.6 is 11.3 Å². The molecular formula is C21H13F3N2O2S. The number of alkyl halides is 3. The Kier molecular flexibility index (Phi) is 4.71. The molecular weight excluding hydrogens is 401 g/mol. The minimum Gasteiger partial charge on any atom is -0.360 e. The Labute approximate surface area is 166 Å². The third-order valence-corrected chi connectivity index (χ3v) is 5.42. The molecule has 29 heavy (non-hydrogen) atoms. The molecule has 0 radical (unpaired) electrons. The zero-order chi connectivity index (χ0) is 20.6. The molecule has 2 aromatic carbocycles. The highest BCUT2D eigenvalue weighted by Gasteiger charge is 2.37. The van der Waals surface area contributed by atoms with Crippen LogP contribution in [0.4, 0.5) is 18.9 Å². The smallest absolute Gasteiger partial charge is 0.360 e. The molecule has 4 rings (SSSR count). The third kappa shape index (κ3) is 3.54. The van der Waals surface area contributed by atoms with Crippen LogP contribution in [0.15, 0.2) is 71.0 Å². The van der Waals surface area contributed by atoms with E-state index in [1.165, 1.54) is 23.7 Å². The van der Waals surface area contributed by atoms with Gasteiger partial charge in [-0.15, -0.1) is 11.3 Å². The lowest BCUT2D eigenvalue weighted by atomic mass is 10.0. The maximum atomic E-state index is 13.5. The van der Waals surface area contributed by atoms with Crippen LogP contribution < -0.4 is 10.7 Å². The van der Waals surface area contributed by atoms with E-state index in [9.17, 15) is 22.8 Å². The number of hydrogen-bond acceptors (Lipinski definition) is 3. The summed E-state index contributed by atoms with van der Waals surface area (Å²) < 4.78 is 40.5. The number of hydrogen-bond donors (Lipinski definition) is 2. The van der Waals surface area contributed by atoms with Gasteiger partial charge >= 0.3 is 6.18 Å². The minimum absolute atomic E-state index is 0.00563. The van der Waals surface area contributed by atoms with E-state index in [0.717, 1.165) is 0 Å². The lowest BCUT2D eigenvalue weighted by molar-refractivity contribution is -0.133. The van der Waals surface area contributed by atoms with E-state index in [4.69, 9.17) is 0 Å². The molecule has 0 atom stereocenters. The zero-order valence-electron chi connectivity index (χ0n) is 14.7. The normalized spacial score (nSPS) is 11.6. The van der Waals surface area contributed by atoms with Crippen molar-refractivity contribution >= 4 is 33.8 Å². The van der Waals surface area contributed by atoms with Crippen LogP contribution in [-0.4, -0.2) is 10.9 Å². The van der Waals surface area contributed by atoms with Crippen molar-refractivity contribution in [3.05, 3.63) is 86.8 Å². The molecule has 0 bridgehead atoms. The lowest BCUT2D eigenvalue weighted by Gasteiger charge is -2.11. The van der Waals surface area contributed by atoms with Gasteiger partial charge in [-0.1, -0.05) is 42.5 Å². The van der Waals surface area contributed by atoms with E-state index in [-0.39, 0.29) is 16.8 Å². The van der Waals surface area contributed by atoms with E-state index >= 15 is 0 Å². The van der Waals surface area contributed by atoms with Gasteiger partial charge in [0.25, 0.3) is 5.91 Å². The van der Waals surface area contributed by atoms with E-state index in [1.54, 1.807) is 42.5 Å². The Bertz CT molecular complexity index is 1260. The lowest BCUT2D eigenvalue weighted by Crippen LogP contribution is -2.22. The number of amides is 1. The van der Waals surface area contributed by atoms with Crippen LogP contribution in [0.1, 0.15) is 15.2 Å². The summed E-state index contributed by atoms with van der Waals surface area (Å²) in [5, 5.41) is 4.03. The second-order valence-electron chi connectivity index (χ2n) is 6.25. The van der Waals surface area contributed by atoms with Gasteiger partial charge in [-0.3, -0.25) is 9.59 Å². The maximum absolute atomic E-state index is 13.5. The van der Waals surface area contributed by atoms with Crippen molar-refractivity contribution in [2.24, 2.45) is 0 Å². The van der Waals surface area contributed by atoms with Gasteiger partial charge in [0.05, 0.1) is 5.69 Å². The second kappa shape index (κ2) is 7.21. The van der Waals surface area contributed by atoms with Crippen LogP contribution in [0.5, 0.6) is 0 Å². The largest absolute Gasteiger partial charge is 0.426 e. The number of benzene rings is 2. The van der Waals surface area contributed by atoms with E-state index in [0.29, 0.717) is 27.8 Å². The zero-order valence-corrected chi connectivity index (χ0v) is 15.5. The number of rotatable bonds is 3. The summed E-state index contributed by atoms with van der Waals surface area (Å²) in [5.41, 5.74) is 0.101. The molecule has 0 aliphatic carbocycles. The molecule has 4 nitrogen and oxygen atoms in total. The predicted molar refractivity (Wildman–Crippen MR) is 107 cm³/mol. The van der Waals surface area contributed by atoms with Crippen LogP contribution in [0, 0.1) is 0 Å². The van der Waals surface area contributed by atoms with E-state index < -0.39 is 22.4 Å². The summed E-state index contributed by atoms with van der Waals surface area (Å²) in [5.74, 6) is -0.777. The molecule has 0 saturated heterocycles. The van der Waals surface area contributed by atoms with Crippen molar-refractivity contribution in [3.63, 3.8) is 0 Å². The fourth-order valence-electron chi connectivity index (χ4n) is 3.08. The number of aromatic nitrogens is 1. The van der Waals surface area contributed by atoms with Crippen molar-refractivity contribution in [2.45, 2.75) is 6.18 Å². The molecule has 4 aromatic rings. The molecule has 0 spiro atoms. The molecule has 146 valence electrons. The van der Waals surface area contributed by atoms with Gasteiger partial charge in [-0.25, -0.2) is 0 Å². The van der Waals surface area contributed by atoms with Gasteiger partial charge in [-0.05, 0) is 17.7 Å². The molecule has 0 aliphatic heterocycles. The van der Waals surface area contributed by atoms with Crippen molar-refractivity contribution < 1.29 is 18.0 Å². The van der Waals surface area contributed by atoms with Crippen molar-refractivity contribution in [2.75, 3.05) is 5.32 Å². The first-order chi connectivity index (χ1) is 13.9. The van der Waals surface area contributed by atoms with Crippen molar-refractivity contribution in [1.29, 1.82) is 0 Å². The first-order valence-corrected chi connectivity index (χ1v) is 9.40. The highest BCUT2D eigenvalue weighted by atomic mass is 32.1. The maximum Gasteiger partial charge on any atom is 0.426 e. The first-order valence-electron chi connectivity index (χ1n) is 8.52. The molecule has 8 heteroatoms. The van der Waals surface area contributed by atoms with Gasteiger partial charge in [0.2, 0.25) is 5.43 Å². The number of aromatic amines is 1. The molecule has 0 unspecified atom stereocenters. The van der Waals surface area contributed by atoms with Gasteiger partial charge < -0.3 is 10.3 Å². The van der Waals surface area contributed by atoms with Gasteiger partial charge in [0.1, 0.15) is 10.4 Å². The highest BCUT2D eigenvalue weighted by molar-refractivity contribution is 7.11. The minimum atomic E-state index is -4.57. The van der Waals surface area contributed by atoms with Gasteiger partial charge in [0.15, 0.2) is 0 Å². The topological polar surface area (TPSA) is 62.0 Å². The number of anilines is 1. The Hall–Kier alpha value is -3.39. The predicted octanol–water partition coefficient (Wildman–Crippen LogP) is 5.53. The SMILES string of the molecule is O=C(Nc1csc(C(F)(F)F)c1-c1ccccc1)c1c[nH]c2ccccc2c1=O. The van der Waals surface area contributed by atoms with E-state index in [2.05, 4.69) is 10.3 Å². The Morgan fingerprint density at radius 3 is 2.41 bits per heavy atom. The molecule has 2 aromatic heterocycles. The number of thiophene rings is 1. The molecule has 0 saturated carbocycles. The van der Waals surface area contributed by atoms with Crippen molar-refractivity contribution in [3.8, 4) is 11.1 Å². The molecule has 1 amide bonds. The first kappa shape index (κ1) is 18.9. The fraction of sp³-hybridized carbons (Fsp3) is 0.0476. The Balaban J connectivity index is 1.77. The third-order valence-electron chi connectivity index (χ3n) is 4.39. The summed E-state index contributed by atoms with van der Waals surface area (Å²) >= 11 is 0.496. The Morgan fingerprint density at radius 2 is 1.69 bits per heavy atom. The van der Waals surface area contributed by atoms with E-state index in [1.807, 2.05) is 0 Å². The number of H-pyrrole nitrogens is 1.